The van der Waals surface area contributed by atoms with Gasteiger partial charge in [-0.1, -0.05) is 11.6 Å². The summed E-state index contributed by atoms with van der Waals surface area (Å²) in [4.78, 5) is 12.4. The van der Waals surface area contributed by atoms with E-state index in [9.17, 15) is 4.79 Å². The summed E-state index contributed by atoms with van der Waals surface area (Å²) in [6.07, 6.45) is 3.46. The highest BCUT2D eigenvalue weighted by Crippen LogP contribution is 2.28. The van der Waals surface area contributed by atoms with Crippen molar-refractivity contribution < 1.29 is 9.53 Å². The zero-order chi connectivity index (χ0) is 16.1. The first kappa shape index (κ1) is 19.3. The van der Waals surface area contributed by atoms with Gasteiger partial charge >= 0.3 is 0 Å². The Bertz CT molecular complexity index is 661. The second-order valence-electron chi connectivity index (χ2n) is 4.74. The Labute approximate surface area is 146 Å². The number of halogens is 2. The van der Waals surface area contributed by atoms with Crippen molar-refractivity contribution in [3.63, 3.8) is 0 Å². The van der Waals surface area contributed by atoms with Crippen molar-refractivity contribution in [2.45, 2.75) is 13.0 Å². The van der Waals surface area contributed by atoms with Crippen molar-refractivity contribution in [3.05, 3.63) is 41.2 Å². The van der Waals surface area contributed by atoms with E-state index in [2.05, 4.69) is 15.7 Å². The minimum absolute atomic E-state index is 0. The number of likely N-dealkylation sites (N-methyl/N-ethyl adjacent to an activating group) is 1. The normalized spacial score (nSPS) is 11.5. The van der Waals surface area contributed by atoms with E-state index in [0.29, 0.717) is 23.1 Å². The van der Waals surface area contributed by atoms with E-state index in [1.54, 1.807) is 49.4 Å². The largest absolute Gasteiger partial charge is 0.492 e. The van der Waals surface area contributed by atoms with Gasteiger partial charge in [0.25, 0.3) is 0 Å². The Morgan fingerprint density at radius 2 is 2.22 bits per heavy atom. The fourth-order valence-corrected chi connectivity index (χ4v) is 2.34. The second-order valence-corrected chi connectivity index (χ2v) is 5.14. The molecule has 0 saturated heterocycles. The highest BCUT2D eigenvalue weighted by Gasteiger charge is 2.20. The van der Waals surface area contributed by atoms with Crippen LogP contribution >= 0.6 is 24.0 Å². The van der Waals surface area contributed by atoms with Crippen molar-refractivity contribution in [1.29, 1.82) is 0 Å². The zero-order valence-corrected chi connectivity index (χ0v) is 14.7. The minimum Gasteiger partial charge on any atom is -0.492 e. The number of nitrogens with zero attached hydrogens (tertiary/aromatic N) is 2. The molecule has 2 rings (SSSR count). The Morgan fingerprint density at radius 3 is 2.74 bits per heavy atom. The number of ether oxygens (including phenoxy) is 1. The minimum atomic E-state index is -0.487. The SMILES string of the molecule is CCOc1ccc(NC(=O)C(NC)c2cnn(C)c2)cc1Cl.Cl. The van der Waals surface area contributed by atoms with Crippen LogP contribution in [-0.4, -0.2) is 29.3 Å². The molecule has 1 aromatic carbocycles. The van der Waals surface area contributed by atoms with Crippen LogP contribution in [0.25, 0.3) is 0 Å². The summed E-state index contributed by atoms with van der Waals surface area (Å²) in [5.41, 5.74) is 1.40. The van der Waals surface area contributed by atoms with Crippen LogP contribution in [0.3, 0.4) is 0 Å². The van der Waals surface area contributed by atoms with Crippen LogP contribution in [0.4, 0.5) is 5.69 Å². The van der Waals surface area contributed by atoms with Crippen molar-refractivity contribution in [2.75, 3.05) is 19.0 Å². The molecule has 0 aliphatic carbocycles. The van der Waals surface area contributed by atoms with Gasteiger partial charge in [0, 0.05) is 24.5 Å². The maximum absolute atomic E-state index is 12.4. The molecule has 126 valence electrons. The van der Waals surface area contributed by atoms with Crippen LogP contribution < -0.4 is 15.4 Å². The summed E-state index contributed by atoms with van der Waals surface area (Å²) in [5.74, 6) is 0.412. The van der Waals surface area contributed by atoms with Gasteiger partial charge in [0.05, 0.1) is 17.8 Å². The molecule has 8 heteroatoms. The number of amides is 1. The van der Waals surface area contributed by atoms with E-state index < -0.39 is 6.04 Å². The Balaban J connectivity index is 0.00000264. The molecule has 0 saturated carbocycles. The molecule has 2 aromatic rings. The first-order valence-electron chi connectivity index (χ1n) is 6.94. The first-order valence-corrected chi connectivity index (χ1v) is 7.32. The van der Waals surface area contributed by atoms with E-state index in [4.69, 9.17) is 16.3 Å². The number of benzene rings is 1. The zero-order valence-electron chi connectivity index (χ0n) is 13.2. The lowest BCUT2D eigenvalue weighted by molar-refractivity contribution is -0.118. The summed E-state index contributed by atoms with van der Waals surface area (Å²) in [7, 11) is 3.53. The molecule has 23 heavy (non-hydrogen) atoms. The third kappa shape index (κ3) is 4.86. The molecule has 0 radical (unpaired) electrons. The number of carbonyl (C=O) groups is 1. The van der Waals surface area contributed by atoms with Gasteiger partial charge in [-0.2, -0.15) is 5.10 Å². The van der Waals surface area contributed by atoms with E-state index in [1.807, 2.05) is 6.92 Å². The topological polar surface area (TPSA) is 68.2 Å². The number of anilines is 1. The number of hydrogen-bond acceptors (Lipinski definition) is 4. The average molecular weight is 359 g/mol. The first-order chi connectivity index (χ1) is 10.5. The van der Waals surface area contributed by atoms with Crippen molar-refractivity contribution in [1.82, 2.24) is 15.1 Å². The molecule has 1 atom stereocenters. The fraction of sp³-hybridized carbons (Fsp3) is 0.333. The highest BCUT2D eigenvalue weighted by atomic mass is 35.5. The van der Waals surface area contributed by atoms with Crippen LogP contribution in [0.15, 0.2) is 30.6 Å². The predicted octanol–water partition coefficient (Wildman–Crippen LogP) is 2.79. The molecule has 6 nitrogen and oxygen atoms in total. The Kier molecular flexibility index (Phi) is 7.35. The third-order valence-corrected chi connectivity index (χ3v) is 3.40. The van der Waals surface area contributed by atoms with Crippen molar-refractivity contribution in [2.24, 2.45) is 7.05 Å². The van der Waals surface area contributed by atoms with Crippen molar-refractivity contribution in [3.8, 4) is 5.75 Å². The molecule has 0 fully saturated rings. The fourth-order valence-electron chi connectivity index (χ4n) is 2.10. The van der Waals surface area contributed by atoms with Gasteiger partial charge in [-0.3, -0.25) is 9.48 Å². The lowest BCUT2D eigenvalue weighted by Gasteiger charge is -2.15. The third-order valence-electron chi connectivity index (χ3n) is 3.11. The lowest BCUT2D eigenvalue weighted by atomic mass is 10.1. The van der Waals surface area contributed by atoms with Gasteiger partial charge in [-0.25, -0.2) is 0 Å². The number of aryl methyl sites for hydroxylation is 1. The molecular formula is C15H20Cl2N4O2. The Hall–Kier alpha value is -1.76. The molecule has 0 spiro atoms. The van der Waals surface area contributed by atoms with Gasteiger partial charge in [-0.05, 0) is 32.2 Å². The number of aromatic nitrogens is 2. The summed E-state index contributed by atoms with van der Waals surface area (Å²) < 4.78 is 7.02. The van der Waals surface area contributed by atoms with E-state index in [-0.39, 0.29) is 18.3 Å². The van der Waals surface area contributed by atoms with Crippen LogP contribution in [0.1, 0.15) is 18.5 Å². The van der Waals surface area contributed by atoms with Gasteiger partial charge in [0.15, 0.2) is 0 Å². The van der Waals surface area contributed by atoms with Gasteiger partial charge in [0.1, 0.15) is 11.8 Å². The average Bonchev–Trinajstić information content (AvgIpc) is 2.89. The molecule has 0 aliphatic heterocycles. The summed E-state index contributed by atoms with van der Waals surface area (Å²) in [6.45, 7) is 2.42. The van der Waals surface area contributed by atoms with E-state index in [1.165, 1.54) is 0 Å². The molecule has 0 bridgehead atoms. The molecule has 2 N–H and O–H groups in total. The van der Waals surface area contributed by atoms with Crippen LogP contribution in [-0.2, 0) is 11.8 Å². The van der Waals surface area contributed by atoms with Gasteiger partial charge < -0.3 is 15.4 Å². The lowest BCUT2D eigenvalue weighted by Crippen LogP contribution is -2.30. The highest BCUT2D eigenvalue weighted by molar-refractivity contribution is 6.32. The molecule has 0 aliphatic rings. The number of hydrogen-bond donors (Lipinski definition) is 2. The van der Waals surface area contributed by atoms with E-state index >= 15 is 0 Å². The number of nitrogens with one attached hydrogen (secondary N) is 2. The Morgan fingerprint density at radius 1 is 1.48 bits per heavy atom. The van der Waals surface area contributed by atoms with Gasteiger partial charge in [0.2, 0.25) is 5.91 Å². The summed E-state index contributed by atoms with van der Waals surface area (Å²) >= 11 is 6.12. The molecule has 1 aromatic heterocycles. The summed E-state index contributed by atoms with van der Waals surface area (Å²) in [6, 6.07) is 4.67. The van der Waals surface area contributed by atoms with E-state index in [0.717, 1.165) is 5.56 Å². The monoisotopic (exact) mass is 358 g/mol. The molecule has 1 amide bonds. The maximum atomic E-state index is 12.4. The van der Waals surface area contributed by atoms with Crippen LogP contribution in [0, 0.1) is 0 Å². The van der Waals surface area contributed by atoms with Crippen LogP contribution in [0.2, 0.25) is 5.02 Å². The number of rotatable bonds is 6. The second kappa shape index (κ2) is 8.76. The maximum Gasteiger partial charge on any atom is 0.246 e. The standard InChI is InChI=1S/C15H19ClN4O2.ClH/c1-4-22-13-6-5-11(7-12(13)16)19-15(21)14(17-2)10-8-18-20(3)9-10;/h5-9,14,17H,4H2,1-3H3,(H,19,21);1H. The summed E-state index contributed by atoms with van der Waals surface area (Å²) in [5, 5.41) is 10.3. The van der Waals surface area contributed by atoms with Crippen molar-refractivity contribution >= 4 is 35.6 Å². The molecule has 1 unspecified atom stereocenters. The molecular weight excluding hydrogens is 339 g/mol. The smallest absolute Gasteiger partial charge is 0.246 e. The van der Waals surface area contributed by atoms with Gasteiger partial charge in [-0.15, -0.1) is 12.4 Å². The number of carbonyl (C=O) groups excluding carboxylic acids is 1. The predicted molar refractivity (Wildman–Crippen MR) is 93.5 cm³/mol. The quantitative estimate of drug-likeness (QED) is 0.832. The molecule has 1 heterocycles. The van der Waals surface area contributed by atoms with Crippen LogP contribution in [0.5, 0.6) is 5.75 Å².